The molecule has 4 rings (SSSR count). The van der Waals surface area contributed by atoms with E-state index >= 15 is 0 Å². The van der Waals surface area contributed by atoms with Crippen molar-refractivity contribution in [3.05, 3.63) is 65.7 Å². The van der Waals surface area contributed by atoms with Crippen LogP contribution >= 0.6 is 0 Å². The molecule has 2 aromatic rings. The highest BCUT2D eigenvalue weighted by Gasteiger charge is 2.41. The average molecular weight is 419 g/mol. The number of halogens is 3. The number of ether oxygens (including phenoxy) is 1. The smallest absolute Gasteiger partial charge is 0.370 e. The van der Waals surface area contributed by atoms with Crippen LogP contribution in [0.25, 0.3) is 0 Å². The minimum absolute atomic E-state index is 0.294. The number of likely N-dealkylation sites (tertiary alicyclic amines) is 1. The number of anilines is 1. The van der Waals surface area contributed by atoms with E-state index in [1.54, 1.807) is 12.1 Å². The second-order valence-corrected chi connectivity index (χ2v) is 8.64. The molecule has 1 unspecified atom stereocenters. The number of hydrogen-bond donors (Lipinski definition) is 0. The molecule has 30 heavy (non-hydrogen) atoms. The molecule has 2 aromatic carbocycles. The van der Waals surface area contributed by atoms with Gasteiger partial charge in [-0.05, 0) is 43.9 Å². The Morgan fingerprint density at radius 2 is 1.70 bits per heavy atom. The van der Waals surface area contributed by atoms with Gasteiger partial charge in [-0.2, -0.15) is 13.2 Å². The number of alkyl halides is 3. The number of nitrogens with zero attached hydrogens (tertiary/aromatic N) is 2. The van der Waals surface area contributed by atoms with E-state index in [0.29, 0.717) is 31.3 Å². The summed E-state index contributed by atoms with van der Waals surface area (Å²) in [6, 6.07) is 16.0. The Bertz CT molecular complexity index is 836. The second kappa shape index (κ2) is 8.60. The quantitative estimate of drug-likeness (QED) is 0.611. The lowest BCUT2D eigenvalue weighted by molar-refractivity contribution is -0.175. The molecule has 162 valence electrons. The van der Waals surface area contributed by atoms with Crippen molar-refractivity contribution in [1.29, 1.82) is 0 Å². The van der Waals surface area contributed by atoms with Crippen LogP contribution < -0.4 is 4.90 Å². The van der Waals surface area contributed by atoms with Crippen molar-refractivity contribution >= 4 is 5.69 Å². The largest absolute Gasteiger partial charge is 0.418 e. The molecule has 0 aliphatic carbocycles. The topological polar surface area (TPSA) is 15.7 Å². The first-order valence-electron chi connectivity index (χ1n) is 10.7. The van der Waals surface area contributed by atoms with Crippen molar-refractivity contribution in [3.8, 4) is 0 Å². The fraction of sp³-hybridized carbons (Fsp3) is 0.500. The molecule has 2 fully saturated rings. The van der Waals surface area contributed by atoms with Crippen molar-refractivity contribution in [2.24, 2.45) is 5.92 Å². The van der Waals surface area contributed by atoms with Gasteiger partial charge in [0, 0.05) is 37.8 Å². The van der Waals surface area contributed by atoms with Gasteiger partial charge in [0.2, 0.25) is 0 Å². The predicted octanol–water partition coefficient (Wildman–Crippen LogP) is 5.56. The highest BCUT2D eigenvalue weighted by atomic mass is 19.4. The molecule has 0 N–H and O–H groups in total. The van der Waals surface area contributed by atoms with Gasteiger partial charge < -0.3 is 9.64 Å². The van der Waals surface area contributed by atoms with Gasteiger partial charge in [-0.15, -0.1) is 0 Å². The molecule has 0 bridgehead atoms. The van der Waals surface area contributed by atoms with E-state index in [-0.39, 0.29) is 5.72 Å². The lowest BCUT2D eigenvalue weighted by Crippen LogP contribution is -2.58. The highest BCUT2D eigenvalue weighted by Crippen LogP contribution is 2.39. The average Bonchev–Trinajstić information content (AvgIpc) is 2.70. The van der Waals surface area contributed by atoms with Crippen LogP contribution in [0.4, 0.5) is 18.9 Å². The summed E-state index contributed by atoms with van der Waals surface area (Å²) in [5, 5.41) is 0. The fourth-order valence-electron chi connectivity index (χ4n) is 4.59. The normalized spacial score (nSPS) is 23.4. The number of hydrogen-bond acceptors (Lipinski definition) is 3. The molecule has 3 nitrogen and oxygen atoms in total. The van der Waals surface area contributed by atoms with E-state index < -0.39 is 11.7 Å². The Morgan fingerprint density at radius 1 is 1.00 bits per heavy atom. The van der Waals surface area contributed by atoms with Gasteiger partial charge in [0.15, 0.2) is 0 Å². The Morgan fingerprint density at radius 3 is 2.43 bits per heavy atom. The molecular weight excluding hydrogens is 389 g/mol. The van der Waals surface area contributed by atoms with Crippen LogP contribution in [0.3, 0.4) is 0 Å². The molecule has 0 spiro atoms. The van der Waals surface area contributed by atoms with Crippen LogP contribution in [0.15, 0.2) is 54.6 Å². The molecule has 1 atom stereocenters. The van der Waals surface area contributed by atoms with E-state index in [4.69, 9.17) is 4.74 Å². The van der Waals surface area contributed by atoms with Crippen LogP contribution in [0.2, 0.25) is 0 Å². The number of piperidine rings is 1. The van der Waals surface area contributed by atoms with Crippen molar-refractivity contribution < 1.29 is 17.9 Å². The van der Waals surface area contributed by atoms with Crippen molar-refractivity contribution in [1.82, 2.24) is 4.90 Å². The lowest BCUT2D eigenvalue weighted by Gasteiger charge is -2.50. The number of para-hydroxylation sites is 1. The Hall–Kier alpha value is -2.05. The summed E-state index contributed by atoms with van der Waals surface area (Å²) in [4.78, 5) is 4.25. The zero-order valence-corrected chi connectivity index (χ0v) is 17.4. The fourth-order valence-corrected chi connectivity index (χ4v) is 4.59. The number of benzene rings is 2. The van der Waals surface area contributed by atoms with E-state index in [9.17, 15) is 13.2 Å². The molecule has 0 radical (unpaired) electrons. The lowest BCUT2D eigenvalue weighted by atomic mass is 9.93. The molecule has 2 aliphatic rings. The Labute approximate surface area is 176 Å². The molecule has 0 saturated carbocycles. The van der Waals surface area contributed by atoms with Gasteiger partial charge in [0.1, 0.15) is 5.72 Å². The predicted molar refractivity (Wildman–Crippen MR) is 112 cm³/mol. The van der Waals surface area contributed by atoms with Crippen LogP contribution in [-0.2, 0) is 17.5 Å². The maximum absolute atomic E-state index is 13.3. The standard InChI is InChI=1S/C24H29F3N2O/c1-23(30-18-19-9-3-2-4-10-19)13-7-8-14-29(23)17-20-15-28(16-20)22-12-6-5-11-21(22)24(25,26)27/h2-6,9-12,20H,7-8,13-18H2,1H3. The summed E-state index contributed by atoms with van der Waals surface area (Å²) in [6.45, 7) is 5.86. The summed E-state index contributed by atoms with van der Waals surface area (Å²) >= 11 is 0. The van der Waals surface area contributed by atoms with Crippen LogP contribution in [0, 0.1) is 5.92 Å². The molecule has 0 amide bonds. The van der Waals surface area contributed by atoms with Gasteiger partial charge >= 0.3 is 6.18 Å². The molecule has 2 saturated heterocycles. The second-order valence-electron chi connectivity index (χ2n) is 8.64. The van der Waals surface area contributed by atoms with Gasteiger partial charge in [-0.1, -0.05) is 42.5 Å². The Balaban J connectivity index is 1.36. The third-order valence-electron chi connectivity index (χ3n) is 6.37. The van der Waals surface area contributed by atoms with Crippen molar-refractivity contribution in [3.63, 3.8) is 0 Å². The van der Waals surface area contributed by atoms with Crippen molar-refractivity contribution in [2.45, 2.75) is 44.7 Å². The summed E-state index contributed by atoms with van der Waals surface area (Å²) in [5.74, 6) is 0.351. The van der Waals surface area contributed by atoms with E-state index in [0.717, 1.165) is 37.9 Å². The van der Waals surface area contributed by atoms with E-state index in [2.05, 4.69) is 24.0 Å². The Kier molecular flexibility index (Phi) is 6.07. The van der Waals surface area contributed by atoms with Crippen LogP contribution in [0.1, 0.15) is 37.3 Å². The molecule has 2 aliphatic heterocycles. The van der Waals surface area contributed by atoms with Crippen LogP contribution in [0.5, 0.6) is 0 Å². The zero-order chi connectivity index (χ0) is 21.2. The van der Waals surface area contributed by atoms with Gasteiger partial charge in [-0.25, -0.2) is 0 Å². The molecule has 2 heterocycles. The van der Waals surface area contributed by atoms with E-state index in [1.165, 1.54) is 12.1 Å². The van der Waals surface area contributed by atoms with Gasteiger partial charge in [0.05, 0.1) is 12.2 Å². The molecular formula is C24H29F3N2O. The monoisotopic (exact) mass is 418 g/mol. The summed E-state index contributed by atoms with van der Waals surface area (Å²) in [5.41, 5.74) is 0.585. The maximum atomic E-state index is 13.3. The third-order valence-corrected chi connectivity index (χ3v) is 6.37. The van der Waals surface area contributed by atoms with E-state index in [1.807, 2.05) is 23.1 Å². The SMILES string of the molecule is CC1(OCc2ccccc2)CCCCN1CC1CN(c2ccccc2C(F)(F)F)C1. The highest BCUT2D eigenvalue weighted by molar-refractivity contribution is 5.56. The summed E-state index contributed by atoms with van der Waals surface area (Å²) in [6.07, 6.45) is -1.07. The van der Waals surface area contributed by atoms with Crippen molar-refractivity contribution in [2.75, 3.05) is 31.1 Å². The maximum Gasteiger partial charge on any atom is 0.418 e. The summed E-state index contributed by atoms with van der Waals surface area (Å²) < 4.78 is 46.3. The minimum atomic E-state index is -4.32. The molecule has 6 heteroatoms. The summed E-state index contributed by atoms with van der Waals surface area (Å²) in [7, 11) is 0. The zero-order valence-electron chi connectivity index (χ0n) is 17.4. The molecule has 0 aromatic heterocycles. The minimum Gasteiger partial charge on any atom is -0.370 e. The van der Waals surface area contributed by atoms with Crippen LogP contribution in [-0.4, -0.2) is 36.8 Å². The van der Waals surface area contributed by atoms with Gasteiger partial charge in [-0.3, -0.25) is 4.90 Å². The first-order valence-corrected chi connectivity index (χ1v) is 10.7. The first kappa shape index (κ1) is 21.2. The van der Waals surface area contributed by atoms with Gasteiger partial charge in [0.25, 0.3) is 0 Å². The third kappa shape index (κ3) is 4.65. The first-order chi connectivity index (χ1) is 14.4. The number of rotatable bonds is 6.